The van der Waals surface area contributed by atoms with Gasteiger partial charge in [-0.3, -0.25) is 0 Å². The van der Waals surface area contributed by atoms with Crippen LogP contribution in [-0.4, -0.2) is 4.75 Å². The number of rotatable bonds is 0. The lowest BCUT2D eigenvalue weighted by molar-refractivity contribution is 0.803. The van der Waals surface area contributed by atoms with E-state index in [2.05, 4.69) is 32.5 Å². The van der Waals surface area contributed by atoms with Gasteiger partial charge in [-0.2, -0.15) is 5.41 Å². The molecule has 0 spiro atoms. The third-order valence-corrected chi connectivity index (χ3v) is 3.14. The maximum atomic E-state index is 3.75. The van der Waals surface area contributed by atoms with E-state index >= 15 is 0 Å². The van der Waals surface area contributed by atoms with Gasteiger partial charge in [0.05, 0.1) is 0 Å². The zero-order valence-corrected chi connectivity index (χ0v) is 7.51. The molecule has 0 atom stereocenters. The molecule has 9 heavy (non-hydrogen) atoms. The van der Waals surface area contributed by atoms with Crippen LogP contribution in [0.15, 0.2) is 12.0 Å². The minimum Gasteiger partial charge on any atom is -0.429 e. The molecule has 0 saturated carbocycles. The van der Waals surface area contributed by atoms with Gasteiger partial charge in [-0.25, -0.2) is 0 Å². The van der Waals surface area contributed by atoms with Gasteiger partial charge in [-0.05, 0) is 6.92 Å². The first kappa shape index (κ1) is 8.87. The smallest absolute Gasteiger partial charge is 0.0373 e. The SMILES string of the molecule is C=C[S-](#CC)C(C)(C)C. The zero-order chi connectivity index (χ0) is 7.49. The monoisotopic (exact) mass is 143 g/mol. The third-order valence-electron chi connectivity index (χ3n) is 1.05. The summed E-state index contributed by atoms with van der Waals surface area (Å²) in [4.78, 5) is 0. The Balaban J connectivity index is 4.47. The summed E-state index contributed by atoms with van der Waals surface area (Å²) < 4.78 is 0.316. The van der Waals surface area contributed by atoms with Crippen molar-refractivity contribution in [2.75, 3.05) is 0 Å². The Morgan fingerprint density at radius 3 is 1.89 bits per heavy atom. The van der Waals surface area contributed by atoms with E-state index in [1.807, 2.05) is 12.3 Å². The molecular formula is C8H15S-. The molecule has 0 aliphatic carbocycles. The summed E-state index contributed by atoms with van der Waals surface area (Å²) in [5.41, 5.74) is 0. The van der Waals surface area contributed by atoms with E-state index in [-0.39, 0.29) is 10.3 Å². The molecule has 0 heterocycles. The maximum absolute atomic E-state index is 3.75. The molecule has 0 nitrogen and oxygen atoms in total. The van der Waals surface area contributed by atoms with Gasteiger partial charge in [0, 0.05) is 0 Å². The standard InChI is InChI=1S/C8H15S/c1-6-9(7-2)8(3,4)5/h6H,1H2,2-5H3/q-1. The van der Waals surface area contributed by atoms with Crippen molar-refractivity contribution in [3.8, 4) is 5.18 Å². The van der Waals surface area contributed by atoms with Crippen LogP contribution in [-0.2, 0) is 10.3 Å². The predicted octanol–water partition coefficient (Wildman–Crippen LogP) is 2.53. The molecule has 0 radical (unpaired) electrons. The molecule has 0 bridgehead atoms. The van der Waals surface area contributed by atoms with Crippen molar-refractivity contribution in [2.24, 2.45) is 0 Å². The molecular weight excluding hydrogens is 128 g/mol. The van der Waals surface area contributed by atoms with Crippen LogP contribution in [0, 0.1) is 5.18 Å². The van der Waals surface area contributed by atoms with E-state index in [0.29, 0.717) is 4.75 Å². The van der Waals surface area contributed by atoms with Gasteiger partial charge in [0.1, 0.15) is 0 Å². The fourth-order valence-corrected chi connectivity index (χ4v) is 1.92. The molecule has 0 unspecified atom stereocenters. The molecule has 0 rings (SSSR count). The van der Waals surface area contributed by atoms with Crippen molar-refractivity contribution >= 4 is 10.3 Å². The molecule has 0 fully saturated rings. The van der Waals surface area contributed by atoms with Crippen LogP contribution in [0.5, 0.6) is 0 Å². The number of hydrogen-bond acceptors (Lipinski definition) is 1. The topological polar surface area (TPSA) is 0 Å². The lowest BCUT2D eigenvalue weighted by atomic mass is 10.3. The highest BCUT2D eigenvalue weighted by Gasteiger charge is 1.96. The third kappa shape index (κ3) is 2.78. The van der Waals surface area contributed by atoms with Gasteiger partial charge in [-0.1, -0.05) is 20.8 Å². The average molecular weight is 143 g/mol. The molecule has 0 amide bonds. The van der Waals surface area contributed by atoms with Gasteiger partial charge in [-0.15, -0.1) is 11.3 Å². The van der Waals surface area contributed by atoms with Crippen molar-refractivity contribution in [3.05, 3.63) is 12.0 Å². The summed E-state index contributed by atoms with van der Waals surface area (Å²) in [5, 5.41) is 5.17. The Labute approximate surface area is 60.5 Å². The zero-order valence-electron chi connectivity index (χ0n) is 6.69. The molecule has 0 aromatic rings. The van der Waals surface area contributed by atoms with Gasteiger partial charge >= 0.3 is 0 Å². The van der Waals surface area contributed by atoms with E-state index in [1.165, 1.54) is 0 Å². The predicted molar refractivity (Wildman–Crippen MR) is 46.9 cm³/mol. The molecule has 0 aliphatic heterocycles. The van der Waals surface area contributed by atoms with Gasteiger partial charge < -0.3 is 15.5 Å². The number of hydrogen-bond donors (Lipinski definition) is 0. The molecule has 0 N–H and O–H groups in total. The van der Waals surface area contributed by atoms with Crippen molar-refractivity contribution in [1.29, 1.82) is 0 Å². The quantitative estimate of drug-likeness (QED) is 0.457. The van der Waals surface area contributed by atoms with Crippen LogP contribution < -0.4 is 0 Å². The minimum atomic E-state index is 0.158. The maximum Gasteiger partial charge on any atom is -0.0373 e. The largest absolute Gasteiger partial charge is 0.429 e. The van der Waals surface area contributed by atoms with Crippen LogP contribution in [0.3, 0.4) is 0 Å². The molecule has 1 heteroatoms. The summed E-state index contributed by atoms with van der Waals surface area (Å²) in [5.74, 6) is 0. The van der Waals surface area contributed by atoms with Crippen LogP contribution >= 0.6 is 0 Å². The highest BCUT2D eigenvalue weighted by Crippen LogP contribution is 2.10. The van der Waals surface area contributed by atoms with E-state index in [0.717, 1.165) is 0 Å². The van der Waals surface area contributed by atoms with Gasteiger partial charge in [0.2, 0.25) is 0 Å². The molecule has 0 saturated heterocycles. The Hall–Kier alpha value is -0.130. The second kappa shape index (κ2) is 3.14. The van der Waals surface area contributed by atoms with Crippen LogP contribution in [0.4, 0.5) is 0 Å². The Bertz CT molecular complexity index is 170. The minimum absolute atomic E-state index is 0.158. The van der Waals surface area contributed by atoms with Crippen molar-refractivity contribution < 1.29 is 0 Å². The highest BCUT2D eigenvalue weighted by molar-refractivity contribution is 7.90. The van der Waals surface area contributed by atoms with Crippen molar-refractivity contribution in [1.82, 2.24) is 0 Å². The second-order valence-corrected chi connectivity index (χ2v) is 5.46. The van der Waals surface area contributed by atoms with Crippen molar-refractivity contribution in [2.45, 2.75) is 32.4 Å². The van der Waals surface area contributed by atoms with E-state index < -0.39 is 0 Å². The first-order valence-corrected chi connectivity index (χ1v) is 4.34. The fourth-order valence-electron chi connectivity index (χ4n) is 0.640. The van der Waals surface area contributed by atoms with Gasteiger partial charge in [0.15, 0.2) is 0 Å². The Morgan fingerprint density at radius 2 is 1.89 bits per heavy atom. The Kier molecular flexibility index (Phi) is 3.10. The summed E-state index contributed by atoms with van der Waals surface area (Å²) in [6, 6.07) is 0. The van der Waals surface area contributed by atoms with Crippen LogP contribution in [0.2, 0.25) is 0 Å². The lowest BCUT2D eigenvalue weighted by Crippen LogP contribution is -2.17. The summed E-state index contributed by atoms with van der Waals surface area (Å²) in [7, 11) is 0.158. The summed E-state index contributed by atoms with van der Waals surface area (Å²) in [6.07, 6.45) is 0. The molecule has 0 aromatic carbocycles. The highest BCUT2D eigenvalue weighted by atomic mass is 32.2. The fraction of sp³-hybridized carbons (Fsp3) is 0.625. The molecule has 0 aromatic heterocycles. The summed E-state index contributed by atoms with van der Waals surface area (Å²) in [6.45, 7) is 12.3. The van der Waals surface area contributed by atoms with Crippen molar-refractivity contribution in [3.63, 3.8) is 0 Å². The van der Waals surface area contributed by atoms with Crippen LogP contribution in [0.1, 0.15) is 27.7 Å². The Morgan fingerprint density at radius 1 is 1.44 bits per heavy atom. The van der Waals surface area contributed by atoms with E-state index in [1.54, 1.807) is 0 Å². The van der Waals surface area contributed by atoms with E-state index in [4.69, 9.17) is 0 Å². The first-order chi connectivity index (χ1) is 4.02. The second-order valence-electron chi connectivity index (χ2n) is 2.82. The lowest BCUT2D eigenvalue weighted by Gasteiger charge is -2.32. The molecule has 54 valence electrons. The van der Waals surface area contributed by atoms with Crippen LogP contribution in [0.25, 0.3) is 0 Å². The average Bonchev–Trinajstić information content (AvgIpc) is 1.65. The first-order valence-electron chi connectivity index (χ1n) is 3.05. The van der Waals surface area contributed by atoms with E-state index in [9.17, 15) is 0 Å². The van der Waals surface area contributed by atoms with Gasteiger partial charge in [0.25, 0.3) is 0 Å². The summed E-state index contributed by atoms with van der Waals surface area (Å²) >= 11 is 0. The molecule has 0 aliphatic rings. The normalized spacial score (nSPS) is 11.2.